The van der Waals surface area contributed by atoms with Crippen LogP contribution in [-0.4, -0.2) is 129 Å². The molecule has 0 aliphatic carbocycles. The molecule has 0 amide bonds. The number of methoxy groups -OCH3 is 1. The van der Waals surface area contributed by atoms with E-state index < -0.39 is 80.6 Å². The molecule has 2 aliphatic rings. The molecule has 14 heteroatoms. The minimum absolute atomic E-state index is 0.0968. The Balaban J connectivity index is 1.61. The third-order valence-electron chi connectivity index (χ3n) is 5.79. The summed E-state index contributed by atoms with van der Waals surface area (Å²) in [5.41, 5.74) is 0.480. The molecule has 0 unspecified atom stereocenters. The molecule has 1 aromatic carbocycles. The first-order chi connectivity index (χ1) is 17.1. The van der Waals surface area contributed by atoms with Gasteiger partial charge in [0.2, 0.25) is 6.29 Å². The maximum Gasteiger partial charge on any atom is 0.333 e. The zero-order chi connectivity index (χ0) is 26.6. The number of ether oxygens (including phenoxy) is 5. The number of carbonyl (C=O) groups excluding carboxylic acids is 1. The third kappa shape index (κ3) is 6.30. The molecule has 10 atom stereocenters. The molecule has 14 nitrogen and oxygen atoms in total. The predicted octanol–water partition coefficient (Wildman–Crippen LogP) is -3.42. The first-order valence-electron chi connectivity index (χ1n) is 10.9. The van der Waals surface area contributed by atoms with Crippen molar-refractivity contribution in [3.8, 4) is 11.5 Å². The highest BCUT2D eigenvalue weighted by Crippen LogP contribution is 2.28. The lowest BCUT2D eigenvalue weighted by Crippen LogP contribution is -2.61. The zero-order valence-electron chi connectivity index (χ0n) is 19.1. The number of aliphatic hydroxyl groups is 7. The van der Waals surface area contributed by atoms with Gasteiger partial charge < -0.3 is 64.5 Å². The van der Waals surface area contributed by atoms with E-state index in [9.17, 15) is 45.6 Å². The number of benzene rings is 1. The van der Waals surface area contributed by atoms with E-state index in [-0.39, 0.29) is 11.5 Å². The minimum Gasteiger partial charge on any atom is -0.504 e. The van der Waals surface area contributed by atoms with Crippen LogP contribution in [0.25, 0.3) is 6.08 Å². The van der Waals surface area contributed by atoms with Gasteiger partial charge >= 0.3 is 5.97 Å². The quantitative estimate of drug-likeness (QED) is 0.124. The van der Waals surface area contributed by atoms with Crippen molar-refractivity contribution in [2.24, 2.45) is 0 Å². The molecule has 0 aromatic heterocycles. The molecular weight excluding hydrogens is 488 g/mol. The molecule has 2 aliphatic heterocycles. The van der Waals surface area contributed by atoms with E-state index in [0.717, 1.165) is 6.08 Å². The van der Waals surface area contributed by atoms with Crippen molar-refractivity contribution in [2.75, 3.05) is 20.3 Å². The molecular formula is C22H30O14. The van der Waals surface area contributed by atoms with Crippen LogP contribution >= 0.6 is 0 Å². The summed E-state index contributed by atoms with van der Waals surface area (Å²) in [6.07, 6.45) is -13.8. The number of carbonyl (C=O) groups is 1. The average Bonchev–Trinajstić information content (AvgIpc) is 2.87. The molecule has 2 heterocycles. The summed E-state index contributed by atoms with van der Waals surface area (Å²) < 4.78 is 25.9. The number of phenols is 1. The van der Waals surface area contributed by atoms with Crippen LogP contribution in [0.15, 0.2) is 24.3 Å². The third-order valence-corrected chi connectivity index (χ3v) is 5.79. The largest absolute Gasteiger partial charge is 0.504 e. The molecule has 1 aromatic rings. The lowest BCUT2D eigenvalue weighted by Gasteiger charge is -2.42. The Labute approximate surface area is 205 Å². The fraction of sp³-hybridized carbons (Fsp3) is 0.591. The van der Waals surface area contributed by atoms with Crippen LogP contribution in [0.1, 0.15) is 5.56 Å². The minimum atomic E-state index is -1.81. The summed E-state index contributed by atoms with van der Waals surface area (Å²) in [7, 11) is 1.36. The molecule has 0 bridgehead atoms. The van der Waals surface area contributed by atoms with Crippen LogP contribution in [0.5, 0.6) is 11.5 Å². The Hall–Kier alpha value is -2.37. The van der Waals surface area contributed by atoms with E-state index in [2.05, 4.69) is 0 Å². The van der Waals surface area contributed by atoms with Gasteiger partial charge in [0.25, 0.3) is 0 Å². The number of rotatable bonds is 8. The van der Waals surface area contributed by atoms with Gasteiger partial charge in [-0.25, -0.2) is 4.79 Å². The topological polar surface area (TPSA) is 225 Å². The number of esters is 1. The van der Waals surface area contributed by atoms with Crippen LogP contribution < -0.4 is 4.74 Å². The first kappa shape index (κ1) is 28.2. The molecule has 8 N–H and O–H groups in total. The van der Waals surface area contributed by atoms with Crippen LogP contribution in [0.2, 0.25) is 0 Å². The van der Waals surface area contributed by atoms with Gasteiger partial charge in [0.1, 0.15) is 48.8 Å². The second kappa shape index (κ2) is 12.2. The van der Waals surface area contributed by atoms with Gasteiger partial charge in [-0.3, -0.25) is 0 Å². The van der Waals surface area contributed by atoms with Crippen molar-refractivity contribution in [2.45, 2.75) is 61.4 Å². The van der Waals surface area contributed by atoms with Crippen molar-refractivity contribution in [3.63, 3.8) is 0 Å². The van der Waals surface area contributed by atoms with Crippen molar-refractivity contribution >= 4 is 12.0 Å². The number of phenolic OH excluding ortho intramolecular Hbond substituents is 1. The van der Waals surface area contributed by atoms with Crippen LogP contribution in [0.3, 0.4) is 0 Å². The first-order valence-corrected chi connectivity index (χ1v) is 10.9. The summed E-state index contributed by atoms with van der Waals surface area (Å²) in [5, 5.41) is 79.2. The lowest BCUT2D eigenvalue weighted by atomic mass is 9.98. The molecule has 3 rings (SSSR count). The zero-order valence-corrected chi connectivity index (χ0v) is 19.1. The standard InChI is InChI=1S/C22H30O14/c1-32-11-6-9(2-4-10(11)24)3-5-14(25)36-22-20(31)18(29)16(27)13(35-22)8-33-21-19(30)17(28)15(26)12(7-23)34-21/h2-6,12-13,15-24,26-31H,7-8H2,1H3/b5-3+/t12-,13-,15-,16-,17+,18+,19-,20-,21-,22+/m1/s1. The highest BCUT2D eigenvalue weighted by Gasteiger charge is 2.48. The van der Waals surface area contributed by atoms with Gasteiger partial charge in [-0.05, 0) is 23.8 Å². The van der Waals surface area contributed by atoms with E-state index in [0.29, 0.717) is 5.56 Å². The van der Waals surface area contributed by atoms with Gasteiger partial charge in [-0.15, -0.1) is 0 Å². The molecule has 0 spiro atoms. The van der Waals surface area contributed by atoms with Crippen molar-refractivity contribution in [1.29, 1.82) is 0 Å². The van der Waals surface area contributed by atoms with Gasteiger partial charge in [0.15, 0.2) is 17.8 Å². The Kier molecular flexibility index (Phi) is 9.59. The van der Waals surface area contributed by atoms with Crippen molar-refractivity contribution in [1.82, 2.24) is 0 Å². The molecule has 0 radical (unpaired) electrons. The van der Waals surface area contributed by atoms with E-state index >= 15 is 0 Å². The van der Waals surface area contributed by atoms with Crippen LogP contribution in [0.4, 0.5) is 0 Å². The van der Waals surface area contributed by atoms with Crippen molar-refractivity contribution < 1.29 is 69.3 Å². The summed E-state index contributed by atoms with van der Waals surface area (Å²) in [5.74, 6) is -0.889. The van der Waals surface area contributed by atoms with Gasteiger partial charge in [-0.1, -0.05) is 6.07 Å². The van der Waals surface area contributed by atoms with Gasteiger partial charge in [0, 0.05) is 6.08 Å². The Morgan fingerprint density at radius 1 is 0.917 bits per heavy atom. The maximum atomic E-state index is 12.2. The molecule has 36 heavy (non-hydrogen) atoms. The molecule has 202 valence electrons. The van der Waals surface area contributed by atoms with Crippen LogP contribution in [-0.2, 0) is 23.7 Å². The maximum absolute atomic E-state index is 12.2. The summed E-state index contributed by atoms with van der Waals surface area (Å²) in [6.45, 7) is -1.24. The SMILES string of the molecule is COc1cc(/C=C/C(=O)O[C@@H]2O[C@H](CO[C@@H]3O[C@H](CO)[C@@H](O)[C@H](O)[C@H]3O)[C@@H](O)[C@H](O)[C@H]2O)ccc1O. The van der Waals surface area contributed by atoms with Crippen LogP contribution in [0, 0.1) is 0 Å². The van der Waals surface area contributed by atoms with Crippen molar-refractivity contribution in [3.05, 3.63) is 29.8 Å². The Morgan fingerprint density at radius 3 is 2.17 bits per heavy atom. The highest BCUT2D eigenvalue weighted by atomic mass is 16.7. The second-order valence-electron chi connectivity index (χ2n) is 8.25. The summed E-state index contributed by atoms with van der Waals surface area (Å²) >= 11 is 0. The fourth-order valence-corrected chi connectivity index (χ4v) is 3.66. The smallest absolute Gasteiger partial charge is 0.333 e. The molecule has 0 saturated carbocycles. The molecule has 2 saturated heterocycles. The average molecular weight is 518 g/mol. The van der Waals surface area contributed by atoms with E-state index in [4.69, 9.17) is 23.7 Å². The monoisotopic (exact) mass is 518 g/mol. The van der Waals surface area contributed by atoms with Gasteiger partial charge in [0.05, 0.1) is 20.3 Å². The molecule has 2 fully saturated rings. The van der Waals surface area contributed by atoms with E-state index in [1.807, 2.05) is 0 Å². The number of hydrogen-bond acceptors (Lipinski definition) is 14. The second-order valence-corrected chi connectivity index (χ2v) is 8.25. The normalized spacial score (nSPS) is 37.1. The highest BCUT2D eigenvalue weighted by molar-refractivity contribution is 5.87. The number of aromatic hydroxyl groups is 1. The Bertz CT molecular complexity index is 907. The summed E-state index contributed by atoms with van der Waals surface area (Å²) in [4.78, 5) is 12.2. The lowest BCUT2D eigenvalue weighted by molar-refractivity contribution is -0.326. The van der Waals surface area contributed by atoms with E-state index in [1.54, 1.807) is 0 Å². The number of aliphatic hydroxyl groups excluding tert-OH is 7. The fourth-order valence-electron chi connectivity index (χ4n) is 3.66. The van der Waals surface area contributed by atoms with Gasteiger partial charge in [-0.2, -0.15) is 0 Å². The van der Waals surface area contributed by atoms with E-state index in [1.165, 1.54) is 31.4 Å². The number of hydrogen-bond donors (Lipinski definition) is 8. The predicted molar refractivity (Wildman–Crippen MR) is 116 cm³/mol. The summed E-state index contributed by atoms with van der Waals surface area (Å²) in [6, 6.07) is 4.31. The Morgan fingerprint density at radius 2 is 1.53 bits per heavy atom.